The van der Waals surface area contributed by atoms with Crippen molar-refractivity contribution in [3.8, 4) is 5.75 Å². The number of aromatic amines is 1. The lowest BCUT2D eigenvalue weighted by Gasteiger charge is -2.12. The minimum absolute atomic E-state index is 0.0384. The molecule has 12 heteroatoms. The summed E-state index contributed by atoms with van der Waals surface area (Å²) in [6.07, 6.45) is 1.73. The number of nitrogens with one attached hydrogen (secondary N) is 4. The molecular formula is C22H19FN6O5. The van der Waals surface area contributed by atoms with Crippen LogP contribution in [0.4, 0.5) is 27.5 Å². The van der Waals surface area contributed by atoms with Crippen LogP contribution in [0, 0.1) is 5.82 Å². The van der Waals surface area contributed by atoms with Crippen molar-refractivity contribution in [3.63, 3.8) is 0 Å². The van der Waals surface area contributed by atoms with Crippen LogP contribution in [0.25, 0.3) is 11.1 Å². The number of hydrogen-bond acceptors (Lipinski definition) is 9. The maximum atomic E-state index is 14.3. The summed E-state index contributed by atoms with van der Waals surface area (Å²) in [6.45, 7) is 2.61. The number of aromatic nitrogens is 3. The Morgan fingerprint density at radius 1 is 1.21 bits per heavy atom. The van der Waals surface area contributed by atoms with Gasteiger partial charge in [-0.3, -0.25) is 14.6 Å². The Morgan fingerprint density at radius 3 is 2.79 bits per heavy atom. The van der Waals surface area contributed by atoms with Gasteiger partial charge in [-0.15, -0.1) is 0 Å². The highest BCUT2D eigenvalue weighted by Crippen LogP contribution is 2.26. The van der Waals surface area contributed by atoms with Gasteiger partial charge in [0.05, 0.1) is 17.3 Å². The molecule has 0 saturated heterocycles. The van der Waals surface area contributed by atoms with Gasteiger partial charge in [0.2, 0.25) is 5.95 Å². The van der Waals surface area contributed by atoms with Gasteiger partial charge >= 0.3 is 5.76 Å². The Bertz CT molecular complexity index is 1420. The van der Waals surface area contributed by atoms with Crippen LogP contribution in [0.15, 0.2) is 51.8 Å². The number of oxazole rings is 1. The van der Waals surface area contributed by atoms with E-state index in [1.54, 1.807) is 24.3 Å². The molecule has 0 saturated carbocycles. The normalized spacial score (nSPS) is 10.6. The Hall–Kier alpha value is -4.74. The van der Waals surface area contributed by atoms with E-state index < -0.39 is 11.6 Å². The molecule has 4 rings (SSSR count). The standard InChI is InChI=1S/C22H19FN6O5/c1-2-7-24-20(31)14-5-3-13(9-18(14)33-11-30)27-21-25-10-15(23)19(29-21)26-12-4-6-17-16(8-12)28-22(32)34-17/h3-6,8-11H,2,7H2,1H3,(H,24,31)(H,28,32)(H2,25,26,27,29). The van der Waals surface area contributed by atoms with Crippen molar-refractivity contribution in [1.82, 2.24) is 20.3 Å². The van der Waals surface area contributed by atoms with E-state index >= 15 is 0 Å². The predicted molar refractivity (Wildman–Crippen MR) is 121 cm³/mol. The van der Waals surface area contributed by atoms with Crippen molar-refractivity contribution in [1.29, 1.82) is 0 Å². The smallest absolute Gasteiger partial charge is 0.417 e. The van der Waals surface area contributed by atoms with E-state index in [1.807, 2.05) is 6.92 Å². The number of nitrogens with zero attached hydrogens (tertiary/aromatic N) is 2. The second kappa shape index (κ2) is 9.81. The van der Waals surface area contributed by atoms with Crippen molar-refractivity contribution in [3.05, 3.63) is 64.5 Å². The van der Waals surface area contributed by atoms with Crippen LogP contribution in [0.5, 0.6) is 5.75 Å². The van der Waals surface area contributed by atoms with Crippen molar-refractivity contribution in [2.75, 3.05) is 17.2 Å². The number of anilines is 4. The molecule has 11 nitrogen and oxygen atoms in total. The predicted octanol–water partition coefficient (Wildman–Crippen LogP) is 3.21. The maximum Gasteiger partial charge on any atom is 0.417 e. The third kappa shape index (κ3) is 5.01. The molecule has 4 aromatic rings. The first-order valence-electron chi connectivity index (χ1n) is 10.2. The number of carbonyl (C=O) groups excluding carboxylic acids is 2. The average Bonchev–Trinajstić information content (AvgIpc) is 3.19. The number of hydrogen-bond donors (Lipinski definition) is 4. The highest BCUT2D eigenvalue weighted by molar-refractivity contribution is 5.97. The molecule has 2 aromatic carbocycles. The van der Waals surface area contributed by atoms with Gasteiger partial charge in [0.25, 0.3) is 12.4 Å². The number of H-pyrrole nitrogens is 1. The number of benzene rings is 2. The minimum atomic E-state index is -0.709. The maximum absolute atomic E-state index is 14.3. The first-order valence-corrected chi connectivity index (χ1v) is 10.2. The molecule has 0 bridgehead atoms. The quantitative estimate of drug-likeness (QED) is 0.273. The monoisotopic (exact) mass is 466 g/mol. The molecule has 0 aliphatic rings. The average molecular weight is 466 g/mol. The summed E-state index contributed by atoms with van der Waals surface area (Å²) >= 11 is 0. The molecule has 0 aliphatic carbocycles. The van der Waals surface area contributed by atoms with E-state index in [2.05, 4.69) is 30.9 Å². The third-order valence-corrected chi connectivity index (χ3v) is 4.62. The fourth-order valence-electron chi connectivity index (χ4n) is 3.08. The fourth-order valence-corrected chi connectivity index (χ4v) is 3.08. The lowest BCUT2D eigenvalue weighted by molar-refractivity contribution is -0.120. The van der Waals surface area contributed by atoms with Crippen molar-refractivity contribution in [2.24, 2.45) is 0 Å². The van der Waals surface area contributed by atoms with Crippen LogP contribution in [-0.2, 0) is 4.79 Å². The summed E-state index contributed by atoms with van der Waals surface area (Å²) in [7, 11) is 0. The Kier molecular flexibility index (Phi) is 6.48. The van der Waals surface area contributed by atoms with Gasteiger partial charge in [-0.2, -0.15) is 4.98 Å². The zero-order valence-electron chi connectivity index (χ0n) is 17.8. The zero-order chi connectivity index (χ0) is 24.1. The van der Waals surface area contributed by atoms with Gasteiger partial charge in [0.1, 0.15) is 5.75 Å². The summed E-state index contributed by atoms with van der Waals surface area (Å²) in [5.41, 5.74) is 1.84. The Morgan fingerprint density at radius 2 is 2.00 bits per heavy atom. The first-order chi connectivity index (χ1) is 16.5. The number of carbonyl (C=O) groups is 2. The molecule has 0 unspecified atom stereocenters. The highest BCUT2D eigenvalue weighted by Gasteiger charge is 2.15. The molecule has 0 aliphatic heterocycles. The molecule has 174 valence electrons. The number of amides is 1. The minimum Gasteiger partial charge on any atom is -0.428 e. The van der Waals surface area contributed by atoms with Crippen LogP contribution < -0.4 is 26.4 Å². The van der Waals surface area contributed by atoms with Crippen molar-refractivity contribution >= 4 is 46.6 Å². The van der Waals surface area contributed by atoms with Crippen LogP contribution >= 0.6 is 0 Å². The molecule has 4 N–H and O–H groups in total. The van der Waals surface area contributed by atoms with Crippen LogP contribution in [0.2, 0.25) is 0 Å². The molecular weight excluding hydrogens is 447 g/mol. The second-order valence-corrected chi connectivity index (χ2v) is 7.05. The van der Waals surface area contributed by atoms with Gasteiger partial charge in [-0.1, -0.05) is 6.92 Å². The Balaban J connectivity index is 1.56. The number of halogens is 1. The van der Waals surface area contributed by atoms with E-state index in [0.29, 0.717) is 29.0 Å². The summed E-state index contributed by atoms with van der Waals surface area (Å²) in [5.74, 6) is -1.73. The van der Waals surface area contributed by atoms with Crippen molar-refractivity contribution in [2.45, 2.75) is 13.3 Å². The third-order valence-electron chi connectivity index (χ3n) is 4.62. The SMILES string of the molecule is CCCNC(=O)c1ccc(Nc2ncc(F)c(Nc3ccc4oc(=O)[nH]c4c3)n2)cc1OC=O. The van der Waals surface area contributed by atoms with Gasteiger partial charge < -0.3 is 25.1 Å². The number of ether oxygens (including phenoxy) is 1. The molecule has 34 heavy (non-hydrogen) atoms. The van der Waals surface area contributed by atoms with E-state index in [9.17, 15) is 18.8 Å². The zero-order valence-corrected chi connectivity index (χ0v) is 17.8. The van der Waals surface area contributed by atoms with Crippen LogP contribution in [0.1, 0.15) is 23.7 Å². The van der Waals surface area contributed by atoms with Crippen LogP contribution in [0.3, 0.4) is 0 Å². The lowest BCUT2D eigenvalue weighted by atomic mass is 10.1. The molecule has 0 spiro atoms. The van der Waals surface area contributed by atoms with E-state index in [1.165, 1.54) is 12.1 Å². The van der Waals surface area contributed by atoms with E-state index in [4.69, 9.17) is 9.15 Å². The largest absolute Gasteiger partial charge is 0.428 e. The van der Waals surface area contributed by atoms with Gasteiger partial charge in [-0.05, 0) is 36.8 Å². The number of fused-ring (bicyclic) bond motifs is 1. The molecule has 1 amide bonds. The molecule has 0 fully saturated rings. The molecule has 0 atom stereocenters. The summed E-state index contributed by atoms with van der Waals surface area (Å²) < 4.78 is 24.2. The lowest BCUT2D eigenvalue weighted by Crippen LogP contribution is -2.24. The van der Waals surface area contributed by atoms with Gasteiger partial charge in [-0.25, -0.2) is 14.2 Å². The fraction of sp³-hybridized carbons (Fsp3) is 0.136. The summed E-state index contributed by atoms with van der Waals surface area (Å²) in [4.78, 5) is 45.1. The van der Waals surface area contributed by atoms with E-state index in [-0.39, 0.29) is 35.5 Å². The van der Waals surface area contributed by atoms with Gasteiger partial charge in [0, 0.05) is 24.0 Å². The first kappa shape index (κ1) is 22.5. The summed E-state index contributed by atoms with van der Waals surface area (Å²) in [5, 5.41) is 8.41. The van der Waals surface area contributed by atoms with Gasteiger partial charge in [0.15, 0.2) is 17.2 Å². The van der Waals surface area contributed by atoms with Crippen LogP contribution in [-0.4, -0.2) is 33.9 Å². The highest BCUT2D eigenvalue weighted by atomic mass is 19.1. The van der Waals surface area contributed by atoms with E-state index in [0.717, 1.165) is 12.6 Å². The molecule has 2 aromatic heterocycles. The molecule has 2 heterocycles. The topological polar surface area (TPSA) is 151 Å². The second-order valence-electron chi connectivity index (χ2n) is 7.05. The summed E-state index contributed by atoms with van der Waals surface area (Å²) in [6, 6.07) is 9.20. The van der Waals surface area contributed by atoms with Crippen molar-refractivity contribution < 1.29 is 23.1 Å². The number of rotatable bonds is 9. The Labute approximate surface area is 191 Å². The molecule has 0 radical (unpaired) electrons.